The van der Waals surface area contributed by atoms with Gasteiger partial charge in [-0.1, -0.05) is 23.7 Å². The van der Waals surface area contributed by atoms with Gasteiger partial charge in [0.2, 0.25) is 0 Å². The topological polar surface area (TPSA) is 44.1 Å². The first-order chi connectivity index (χ1) is 11.0. The molecule has 0 amide bonds. The second-order valence-electron chi connectivity index (χ2n) is 4.87. The van der Waals surface area contributed by atoms with Crippen LogP contribution in [0.3, 0.4) is 0 Å². The molecular formula is C16H11ClF2N2O2. The van der Waals surface area contributed by atoms with Crippen LogP contribution in [0.1, 0.15) is 15.9 Å². The molecule has 0 bridgehead atoms. The molecule has 0 saturated heterocycles. The van der Waals surface area contributed by atoms with E-state index in [2.05, 4.69) is 9.84 Å². The van der Waals surface area contributed by atoms with Crippen LogP contribution in [-0.4, -0.2) is 22.9 Å². The molecule has 4 nitrogen and oxygen atoms in total. The third kappa shape index (κ3) is 2.66. The summed E-state index contributed by atoms with van der Waals surface area (Å²) in [5.74, 6) is -2.01. The van der Waals surface area contributed by atoms with E-state index < -0.39 is 17.6 Å². The van der Waals surface area contributed by atoms with Gasteiger partial charge in [-0.3, -0.25) is 4.68 Å². The van der Waals surface area contributed by atoms with E-state index in [9.17, 15) is 13.6 Å². The van der Waals surface area contributed by atoms with Gasteiger partial charge < -0.3 is 4.74 Å². The Morgan fingerprint density at radius 1 is 1.26 bits per heavy atom. The van der Waals surface area contributed by atoms with Gasteiger partial charge in [-0.15, -0.1) is 0 Å². The van der Waals surface area contributed by atoms with Crippen LogP contribution < -0.4 is 0 Å². The predicted molar refractivity (Wildman–Crippen MR) is 81.5 cm³/mol. The number of esters is 1. The highest BCUT2D eigenvalue weighted by Crippen LogP contribution is 2.25. The van der Waals surface area contributed by atoms with Crippen LogP contribution in [0.2, 0.25) is 5.02 Å². The summed E-state index contributed by atoms with van der Waals surface area (Å²) in [5.41, 5.74) is 0.568. The zero-order chi connectivity index (χ0) is 16.6. The Hall–Kier alpha value is -2.47. The second kappa shape index (κ2) is 5.96. The molecule has 2 aromatic carbocycles. The van der Waals surface area contributed by atoms with Gasteiger partial charge in [0.15, 0.2) is 5.82 Å². The van der Waals surface area contributed by atoms with Gasteiger partial charge >= 0.3 is 5.97 Å². The van der Waals surface area contributed by atoms with Crippen LogP contribution in [0, 0.1) is 11.6 Å². The van der Waals surface area contributed by atoms with Crippen molar-refractivity contribution in [2.24, 2.45) is 0 Å². The molecule has 23 heavy (non-hydrogen) atoms. The van der Waals surface area contributed by atoms with E-state index in [1.807, 2.05) is 0 Å². The number of halogens is 3. The Kier molecular flexibility index (Phi) is 4.00. The molecule has 3 aromatic rings. The molecule has 0 radical (unpaired) electrons. The van der Waals surface area contributed by atoms with E-state index in [4.69, 9.17) is 11.6 Å². The fourth-order valence-corrected chi connectivity index (χ4v) is 2.52. The van der Waals surface area contributed by atoms with Crippen LogP contribution in [0.4, 0.5) is 8.78 Å². The average Bonchev–Trinajstić information content (AvgIpc) is 2.96. The van der Waals surface area contributed by atoms with Gasteiger partial charge in [-0.05, 0) is 18.2 Å². The molecule has 118 valence electrons. The zero-order valence-electron chi connectivity index (χ0n) is 12.0. The quantitative estimate of drug-likeness (QED) is 0.683. The fraction of sp³-hybridized carbons (Fsp3) is 0.125. The number of fused-ring (bicyclic) bond motifs is 1. The minimum atomic E-state index is -0.757. The molecule has 0 aliphatic carbocycles. The maximum atomic E-state index is 14.4. The number of carbonyl (C=O) groups excluding carboxylic acids is 1. The summed E-state index contributed by atoms with van der Waals surface area (Å²) < 4.78 is 34.3. The van der Waals surface area contributed by atoms with E-state index in [-0.39, 0.29) is 28.1 Å². The Morgan fingerprint density at radius 2 is 2.04 bits per heavy atom. The lowest BCUT2D eigenvalue weighted by Crippen LogP contribution is -2.09. The van der Waals surface area contributed by atoms with Crippen molar-refractivity contribution in [2.75, 3.05) is 7.11 Å². The van der Waals surface area contributed by atoms with Crippen molar-refractivity contribution in [2.45, 2.75) is 6.54 Å². The van der Waals surface area contributed by atoms with Crippen LogP contribution >= 0.6 is 11.6 Å². The number of hydrogen-bond donors (Lipinski definition) is 0. The molecule has 0 unspecified atom stereocenters. The maximum Gasteiger partial charge on any atom is 0.340 e. The summed E-state index contributed by atoms with van der Waals surface area (Å²) >= 11 is 5.73. The summed E-state index contributed by atoms with van der Waals surface area (Å²) in [4.78, 5) is 11.5. The number of carbonyl (C=O) groups is 1. The van der Waals surface area contributed by atoms with Crippen molar-refractivity contribution in [3.63, 3.8) is 0 Å². The summed E-state index contributed by atoms with van der Waals surface area (Å²) in [7, 11) is 1.18. The molecule has 0 N–H and O–H groups in total. The number of methoxy groups -OCH3 is 1. The first kappa shape index (κ1) is 15.4. The minimum absolute atomic E-state index is 0.00378. The number of aromatic nitrogens is 2. The van der Waals surface area contributed by atoms with Crippen molar-refractivity contribution in [1.82, 2.24) is 9.78 Å². The van der Waals surface area contributed by atoms with E-state index in [0.717, 1.165) is 0 Å². The average molecular weight is 337 g/mol. The monoisotopic (exact) mass is 336 g/mol. The Bertz CT molecular complexity index is 908. The highest BCUT2D eigenvalue weighted by molar-refractivity contribution is 6.31. The SMILES string of the molecule is COC(=O)c1cccc(Cn2ncc3c(F)c(Cl)ccc32)c1F. The molecule has 0 atom stereocenters. The van der Waals surface area contributed by atoms with Gasteiger partial charge in [0.1, 0.15) is 5.82 Å². The largest absolute Gasteiger partial charge is 0.465 e. The molecule has 0 aliphatic heterocycles. The van der Waals surface area contributed by atoms with Crippen molar-refractivity contribution in [1.29, 1.82) is 0 Å². The third-order valence-electron chi connectivity index (χ3n) is 3.52. The molecule has 0 aliphatic rings. The normalized spacial score (nSPS) is 11.0. The second-order valence-corrected chi connectivity index (χ2v) is 5.27. The van der Waals surface area contributed by atoms with Gasteiger partial charge in [0, 0.05) is 5.56 Å². The predicted octanol–water partition coefficient (Wildman–Crippen LogP) is 3.80. The van der Waals surface area contributed by atoms with E-state index >= 15 is 0 Å². The summed E-state index contributed by atoms with van der Waals surface area (Å²) in [6.45, 7) is 0.0429. The molecule has 0 saturated carbocycles. The van der Waals surface area contributed by atoms with Crippen molar-refractivity contribution >= 4 is 28.5 Å². The molecule has 0 fully saturated rings. The molecule has 7 heteroatoms. The first-order valence-corrected chi connectivity index (χ1v) is 7.06. The molecular weight excluding hydrogens is 326 g/mol. The van der Waals surface area contributed by atoms with E-state index in [1.165, 1.54) is 36.2 Å². The maximum absolute atomic E-state index is 14.4. The van der Waals surface area contributed by atoms with Crippen LogP contribution in [0.25, 0.3) is 10.9 Å². The lowest BCUT2D eigenvalue weighted by molar-refractivity contribution is 0.0595. The van der Waals surface area contributed by atoms with Crippen molar-refractivity contribution in [3.8, 4) is 0 Å². The molecule has 1 heterocycles. The highest BCUT2D eigenvalue weighted by atomic mass is 35.5. The Morgan fingerprint density at radius 3 is 2.78 bits per heavy atom. The minimum Gasteiger partial charge on any atom is -0.465 e. The molecule has 0 spiro atoms. The van der Waals surface area contributed by atoms with Crippen molar-refractivity contribution < 1.29 is 18.3 Å². The number of hydrogen-bond acceptors (Lipinski definition) is 3. The van der Waals surface area contributed by atoms with Gasteiger partial charge in [0.05, 0.1) is 41.3 Å². The number of nitrogens with zero attached hydrogens (tertiary/aromatic N) is 2. The highest BCUT2D eigenvalue weighted by Gasteiger charge is 2.17. The van der Waals surface area contributed by atoms with Crippen LogP contribution in [-0.2, 0) is 11.3 Å². The summed E-state index contributed by atoms with van der Waals surface area (Å²) in [6, 6.07) is 7.44. The molecule has 1 aromatic heterocycles. The van der Waals surface area contributed by atoms with Gasteiger partial charge in [0.25, 0.3) is 0 Å². The lowest BCUT2D eigenvalue weighted by atomic mass is 10.1. The van der Waals surface area contributed by atoms with Crippen molar-refractivity contribution in [3.05, 3.63) is 64.3 Å². The number of benzene rings is 2. The lowest BCUT2D eigenvalue weighted by Gasteiger charge is -2.08. The fourth-order valence-electron chi connectivity index (χ4n) is 2.35. The van der Waals surface area contributed by atoms with Gasteiger partial charge in [-0.2, -0.15) is 5.10 Å². The Balaban J connectivity index is 2.03. The van der Waals surface area contributed by atoms with Crippen LogP contribution in [0.5, 0.6) is 0 Å². The standard InChI is InChI=1S/C16H11ClF2N2O2/c1-23-16(22)10-4-2-3-9(14(10)18)8-21-13-6-5-12(17)15(19)11(13)7-20-21/h2-7H,8H2,1H3. The first-order valence-electron chi connectivity index (χ1n) is 6.68. The van der Waals surface area contributed by atoms with E-state index in [1.54, 1.807) is 12.1 Å². The van der Waals surface area contributed by atoms with E-state index in [0.29, 0.717) is 5.52 Å². The summed E-state index contributed by atoms with van der Waals surface area (Å²) in [6.07, 6.45) is 1.33. The van der Waals surface area contributed by atoms with Gasteiger partial charge in [-0.25, -0.2) is 13.6 Å². The third-order valence-corrected chi connectivity index (χ3v) is 3.81. The smallest absolute Gasteiger partial charge is 0.340 e. The Labute approximate surface area is 135 Å². The summed E-state index contributed by atoms with van der Waals surface area (Å²) in [5, 5.41) is 4.31. The zero-order valence-corrected chi connectivity index (χ0v) is 12.8. The molecule has 3 rings (SSSR count). The number of ether oxygens (including phenoxy) is 1. The number of rotatable bonds is 3. The van der Waals surface area contributed by atoms with Crippen LogP contribution in [0.15, 0.2) is 36.5 Å².